The Morgan fingerprint density at radius 3 is 1.64 bits per heavy atom. The third-order valence-electron chi connectivity index (χ3n) is 1.74. The molecule has 2 aliphatic heterocycles. The number of amides is 2. The molecule has 20 heteroatoms. The van der Waals surface area contributed by atoms with Crippen LogP contribution >= 0.6 is 12.4 Å². The summed E-state index contributed by atoms with van der Waals surface area (Å²) in [7, 11) is 0. The molecule has 2 fully saturated rings. The maximum Gasteiger partial charge on any atom is 1.00 e. The Balaban J connectivity index is -0.000000132. The number of carbonyl (C=O) groups is 6. The van der Waals surface area contributed by atoms with Crippen molar-refractivity contribution in [3.63, 3.8) is 0 Å². The molecule has 17 nitrogen and oxygen atoms in total. The number of hydrogen-bond acceptors (Lipinski definition) is 13. The Hall–Kier alpha value is -0.930. The van der Waals surface area contributed by atoms with Gasteiger partial charge >= 0.3 is 76.7 Å². The van der Waals surface area contributed by atoms with E-state index in [4.69, 9.17) is 33.7 Å². The smallest absolute Gasteiger partial charge is 0.548 e. The van der Waals surface area contributed by atoms with E-state index >= 15 is 0 Å². The molecule has 2 rings (SSSR count). The summed E-state index contributed by atoms with van der Waals surface area (Å²) < 4.78 is 128. The summed E-state index contributed by atoms with van der Waals surface area (Å²) in [5, 5.41) is 37.9. The van der Waals surface area contributed by atoms with Crippen LogP contribution in [0.4, 0.5) is 0 Å². The first-order chi connectivity index (χ1) is 21.8. The number of morpholine rings is 2. The van der Waals surface area contributed by atoms with Gasteiger partial charge in [-0.15, -0.1) is 12.4 Å². The Labute approximate surface area is 280 Å². The molecule has 2 amide bonds. The summed E-state index contributed by atoms with van der Waals surface area (Å²) in [5.41, 5.74) is 0. The van der Waals surface area contributed by atoms with Crippen molar-refractivity contribution in [2.45, 2.75) is 0 Å². The second kappa shape index (κ2) is 34.1. The number of nitrogens with one attached hydrogen (secondary N) is 2. The van der Waals surface area contributed by atoms with Crippen LogP contribution in [0.15, 0.2) is 0 Å². The minimum absolute atomic E-state index is 0. The molecule has 200 valence electrons. The van der Waals surface area contributed by atoms with Crippen LogP contribution in [0.3, 0.4) is 0 Å². The Morgan fingerprint density at radius 2 is 1.36 bits per heavy atom. The van der Waals surface area contributed by atoms with Crippen molar-refractivity contribution < 1.29 is 151 Å². The zero-order valence-corrected chi connectivity index (χ0v) is 23.2. The van der Waals surface area contributed by atoms with Crippen molar-refractivity contribution in [2.24, 2.45) is 0 Å². The van der Waals surface area contributed by atoms with Crippen LogP contribution < -0.4 is 86.1 Å². The molecule has 0 aliphatic carbocycles. The van der Waals surface area contributed by atoms with Gasteiger partial charge < -0.3 is 60.4 Å². The first-order valence-electron chi connectivity index (χ1n) is 15.7. The number of rotatable bonds is 8. The maximum absolute atomic E-state index is 10.8. The van der Waals surface area contributed by atoms with Crippen LogP contribution in [0.2, 0.25) is 7.06 Å². The minimum atomic E-state index is -3.52. The van der Waals surface area contributed by atoms with E-state index in [9.17, 15) is 39.0 Å². The summed E-state index contributed by atoms with van der Waals surface area (Å²) in [4.78, 5) is 60.8. The number of carboxylic acids is 4. The Bertz CT molecular complexity index is 1140. The van der Waals surface area contributed by atoms with Crippen molar-refractivity contribution in [1.29, 1.82) is 0 Å². The van der Waals surface area contributed by atoms with E-state index in [-0.39, 0.29) is 89.9 Å². The van der Waals surface area contributed by atoms with E-state index < -0.39 is 94.4 Å². The van der Waals surface area contributed by atoms with E-state index in [1.165, 1.54) is 0 Å². The summed E-state index contributed by atoms with van der Waals surface area (Å²) in [6.45, 7) is -17.8. The maximum atomic E-state index is 10.8. The third kappa shape index (κ3) is 46.4. The number of carbonyl (C=O) groups excluding carboxylic acids is 4. The van der Waals surface area contributed by atoms with Crippen LogP contribution in [0.25, 0.3) is 0 Å². The molecule has 2 heterocycles. The van der Waals surface area contributed by atoms with Gasteiger partial charge in [0, 0.05) is 13.1 Å². The summed E-state index contributed by atoms with van der Waals surface area (Å²) in [6.07, 6.45) is -2.00. The molecule has 0 atom stereocenters. The van der Waals surface area contributed by atoms with Crippen LogP contribution in [0.5, 0.6) is 0 Å². The Morgan fingerprint density at radius 1 is 0.972 bits per heavy atom. The van der Waals surface area contributed by atoms with Crippen LogP contribution in [-0.2, 0) is 47.7 Å². The van der Waals surface area contributed by atoms with Gasteiger partial charge in [-0.05, 0) is 0 Å². The quantitative estimate of drug-likeness (QED) is 0.130. The predicted octanol–water partition coefficient (Wildman–Crippen LogP) is -11.3. The molecule has 0 aromatic carbocycles. The average Bonchev–Trinajstić information content (AvgIpc) is 2.83. The second-order valence-electron chi connectivity index (χ2n) is 4.18. The van der Waals surface area contributed by atoms with Gasteiger partial charge in [0.15, 0.2) is 1.41 Å². The molecule has 2 aliphatic rings. The van der Waals surface area contributed by atoms with Crippen molar-refractivity contribution in [1.82, 2.24) is 16.7 Å². The number of ether oxygens (including phenoxy) is 4. The molecule has 8 N–H and O–H groups in total. The fraction of sp³-hybridized carbons (Fsp3) is 0.625. The van der Waals surface area contributed by atoms with Gasteiger partial charge in [0.05, 0.1) is 54.6 Å². The van der Waals surface area contributed by atoms with Gasteiger partial charge in [-0.1, -0.05) is 0 Å². The fourth-order valence-electron chi connectivity index (χ4n) is 0.873. The molecule has 2 saturated heterocycles. The monoisotopic (exact) mass is 585 g/mol. The first-order valence-corrected chi connectivity index (χ1v) is 7.45. The van der Waals surface area contributed by atoms with Gasteiger partial charge in [-0.3, -0.25) is 14.9 Å². The van der Waals surface area contributed by atoms with Gasteiger partial charge in [-0.25, -0.2) is 9.59 Å². The summed E-state index contributed by atoms with van der Waals surface area (Å²) in [5.74, 6) is -10.2. The normalized spacial score (nSPS) is 26.8. The predicted molar refractivity (Wildman–Crippen MR) is 108 cm³/mol. The molecule has 0 unspecified atom stereocenters. The molecule has 0 aromatic heterocycles. The van der Waals surface area contributed by atoms with Gasteiger partial charge in [0.25, 0.3) is 11.8 Å². The molecule has 0 bridgehead atoms. The second-order valence-corrected chi connectivity index (χ2v) is 4.18. The minimum Gasteiger partial charge on any atom is -0.548 e. The summed E-state index contributed by atoms with van der Waals surface area (Å²) in [6, 6.07) is 0. The van der Waals surface area contributed by atoms with Gasteiger partial charge in [0.1, 0.15) is 26.3 Å². The van der Waals surface area contributed by atoms with Gasteiger partial charge in [0.2, 0.25) is 0 Å². The molecule has 0 saturated carbocycles. The van der Waals surface area contributed by atoms with Crippen LogP contribution in [-0.4, -0.2) is 112 Å². The van der Waals surface area contributed by atoms with Crippen LogP contribution in [0.1, 0.15) is 16.4 Å². The first kappa shape index (κ1) is 19.2. The Kier molecular flexibility index (Phi) is 18.2. The van der Waals surface area contributed by atoms with E-state index in [2.05, 4.69) is 24.3 Å². The SMILES string of the molecule is Cl.O=C(O)COCC(=O)O.[2H]C([2H])(OC([2H])([2H])C(=O)[O-])C(=O)[O-].[2H]C1([2H])CNCC([2H])([2H])O1.[2H]N1C(=O)C([2H])([2H])OC([2H])([2H])C1=O.[2H][N+]([2H])([2H])[2H].[Na+].[Na+]. The zero-order chi connectivity index (χ0) is 40.9. The van der Waals surface area contributed by atoms with Crippen LogP contribution in [0, 0.1) is 0 Å². The number of carboxylic acid groups (broad SMARTS) is 4. The molecule has 0 spiro atoms. The third-order valence-corrected chi connectivity index (χ3v) is 1.74. The van der Waals surface area contributed by atoms with Crippen molar-refractivity contribution >= 4 is 48.1 Å². The molecule has 36 heavy (non-hydrogen) atoms. The fourth-order valence-corrected chi connectivity index (χ4v) is 0.873. The van der Waals surface area contributed by atoms with Crippen molar-refractivity contribution in [3.05, 3.63) is 0 Å². The summed E-state index contributed by atoms with van der Waals surface area (Å²) >= 11 is 0. The van der Waals surface area contributed by atoms with Crippen molar-refractivity contribution in [3.8, 4) is 0 Å². The molecule has 0 aromatic rings. The molecule has 0 radical (unpaired) electrons. The number of aliphatic carboxylic acids is 4. The molecular weight excluding hydrogens is 540 g/mol. The van der Waals surface area contributed by atoms with E-state index in [1.807, 2.05) is 0 Å². The standard InChI is InChI=1S/C4H5NO3.C4H9NO.2C4H6O5.ClH.H3N.2Na/c6-3-1-8-2-4(7)5-3;1-3-6-4-2-5-1;2*5-3(6)1-9-2-4(7)8;;;;/h1-2H2,(H,5,6,7);5H,1-4H2;2*1-2H2,(H,5,6)(H,7,8);1H;1H3;;/q;;;;;;2*+1/p-1/i1D2,2D2;3D2,4D2;1D2,2D2;;;;;/hD5. The largest absolute Gasteiger partial charge is 1.00 e. The molecular formula is C16H29ClN3Na2O14+. The average molecular weight is 586 g/mol. The van der Waals surface area contributed by atoms with E-state index in [0.29, 0.717) is 0 Å². The van der Waals surface area contributed by atoms with Crippen molar-refractivity contribution in [2.75, 3.05) is 65.7 Å². The number of quaternary nitrogens is 1. The van der Waals surface area contributed by atoms with E-state index in [0.717, 1.165) is 0 Å². The number of halogens is 1. The van der Waals surface area contributed by atoms with E-state index in [1.54, 1.807) is 0 Å². The topological polar surface area (TPSA) is 286 Å². The zero-order valence-electron chi connectivity index (χ0n) is 35.4. The number of hydrogen-bond donors (Lipinski definition) is 5. The number of imide groups is 1. The van der Waals surface area contributed by atoms with Gasteiger partial charge in [-0.2, -0.15) is 0 Å².